The summed E-state index contributed by atoms with van der Waals surface area (Å²) in [4.78, 5) is 31.6. The van der Waals surface area contributed by atoms with Gasteiger partial charge in [-0.2, -0.15) is 0 Å². The Morgan fingerprint density at radius 2 is 1.86 bits per heavy atom. The molecule has 2 aromatic heterocycles. The van der Waals surface area contributed by atoms with Crippen molar-refractivity contribution < 1.29 is 14.0 Å². The largest absolute Gasteiger partial charge is 0.361 e. The number of H-pyrrole nitrogens is 1. The van der Waals surface area contributed by atoms with Crippen molar-refractivity contribution in [1.29, 1.82) is 0 Å². The molecule has 2 heterocycles. The zero-order valence-electron chi connectivity index (χ0n) is 14.5. The maximum absolute atomic E-state index is 13.8. The second-order valence-corrected chi connectivity index (χ2v) is 6.91. The quantitative estimate of drug-likeness (QED) is 0.464. The minimum absolute atomic E-state index is 0.107. The number of amides is 2. The summed E-state index contributed by atoms with van der Waals surface area (Å²) in [5.41, 5.74) is 6.93. The predicted octanol–water partition coefficient (Wildman–Crippen LogP) is 3.43. The van der Waals surface area contributed by atoms with Crippen LogP contribution in [0.15, 0.2) is 60.1 Å². The average Bonchev–Trinajstić information content (AvgIpc) is 3.34. The van der Waals surface area contributed by atoms with Gasteiger partial charge in [0.05, 0.1) is 6.42 Å². The Morgan fingerprint density at radius 1 is 1.07 bits per heavy atom. The number of hydrogen-bond donors (Lipinski definition) is 3. The number of carbonyl (C=O) groups excluding carboxylic acids is 2. The topological polar surface area (TPSA) is 86.9 Å². The number of hydrogen-bond acceptors (Lipinski definition) is 4. The van der Waals surface area contributed by atoms with Crippen LogP contribution < -0.4 is 10.9 Å². The highest BCUT2D eigenvalue weighted by molar-refractivity contribution is 7.13. The number of rotatable bonds is 4. The van der Waals surface area contributed by atoms with Crippen molar-refractivity contribution in [2.45, 2.75) is 6.42 Å². The Hall–Kier alpha value is -3.52. The molecule has 28 heavy (non-hydrogen) atoms. The van der Waals surface area contributed by atoms with Gasteiger partial charge in [-0.15, -0.1) is 11.3 Å². The fourth-order valence-corrected chi connectivity index (χ4v) is 3.65. The summed E-state index contributed by atoms with van der Waals surface area (Å²) in [7, 11) is 0. The molecule has 8 heteroatoms. The number of hydrazine groups is 1. The summed E-state index contributed by atoms with van der Waals surface area (Å²) in [5, 5.41) is 2.87. The van der Waals surface area contributed by atoms with Crippen molar-refractivity contribution in [3.63, 3.8) is 0 Å². The van der Waals surface area contributed by atoms with Crippen molar-refractivity contribution >= 4 is 34.1 Å². The standard InChI is InChI=1S/C20H15FN4O2S/c21-15-7-3-1-6-14(15)20-23-17(11-28-20)19(27)25-24-18(26)9-12-10-22-16-8-4-2-5-13(12)16/h1-8,10-11,22H,9H2,(H,24,26)(H,25,27). The van der Waals surface area contributed by atoms with Gasteiger partial charge in [0, 0.05) is 28.0 Å². The summed E-state index contributed by atoms with van der Waals surface area (Å²) >= 11 is 1.16. The SMILES string of the molecule is O=C(Cc1c[nH]c2ccccc12)NNC(=O)c1csc(-c2ccccc2F)n1. The van der Waals surface area contributed by atoms with Gasteiger partial charge in [-0.3, -0.25) is 20.4 Å². The van der Waals surface area contributed by atoms with E-state index in [9.17, 15) is 14.0 Å². The molecule has 6 nitrogen and oxygen atoms in total. The van der Waals surface area contributed by atoms with Crippen molar-refractivity contribution in [3.05, 3.63) is 77.2 Å². The second-order valence-electron chi connectivity index (χ2n) is 6.06. The molecule has 0 atom stereocenters. The highest BCUT2D eigenvalue weighted by atomic mass is 32.1. The fourth-order valence-electron chi connectivity index (χ4n) is 2.82. The van der Waals surface area contributed by atoms with E-state index in [0.717, 1.165) is 27.8 Å². The van der Waals surface area contributed by atoms with E-state index in [2.05, 4.69) is 20.8 Å². The molecule has 0 unspecified atom stereocenters. The van der Waals surface area contributed by atoms with Crippen LogP contribution >= 0.6 is 11.3 Å². The number of fused-ring (bicyclic) bond motifs is 1. The number of halogens is 1. The molecule has 3 N–H and O–H groups in total. The summed E-state index contributed by atoms with van der Waals surface area (Å²) in [5.74, 6) is -1.33. The van der Waals surface area contributed by atoms with Gasteiger partial charge in [0.2, 0.25) is 5.91 Å². The van der Waals surface area contributed by atoms with Gasteiger partial charge in [0.1, 0.15) is 16.5 Å². The minimum Gasteiger partial charge on any atom is -0.361 e. The molecule has 0 spiro atoms. The smallest absolute Gasteiger partial charge is 0.289 e. The lowest BCUT2D eigenvalue weighted by atomic mass is 10.1. The van der Waals surface area contributed by atoms with E-state index in [4.69, 9.17) is 0 Å². The van der Waals surface area contributed by atoms with E-state index in [1.54, 1.807) is 24.4 Å². The molecule has 0 bridgehead atoms. The van der Waals surface area contributed by atoms with Gasteiger partial charge < -0.3 is 4.98 Å². The van der Waals surface area contributed by atoms with E-state index in [1.807, 2.05) is 24.3 Å². The summed E-state index contributed by atoms with van der Waals surface area (Å²) < 4.78 is 13.8. The minimum atomic E-state index is -0.564. The van der Waals surface area contributed by atoms with Crippen LogP contribution in [0.3, 0.4) is 0 Å². The molecule has 4 rings (SSSR count). The highest BCUT2D eigenvalue weighted by Gasteiger charge is 2.15. The lowest BCUT2D eigenvalue weighted by Gasteiger charge is -2.05. The first-order valence-corrected chi connectivity index (χ1v) is 9.34. The number of aromatic amines is 1. The molecule has 0 aliphatic heterocycles. The van der Waals surface area contributed by atoms with Crippen molar-refractivity contribution in [2.24, 2.45) is 0 Å². The Kier molecular flexibility index (Phi) is 4.86. The van der Waals surface area contributed by atoms with E-state index in [-0.39, 0.29) is 18.0 Å². The molecule has 0 saturated heterocycles. The van der Waals surface area contributed by atoms with Crippen LogP contribution in [0, 0.1) is 5.82 Å². The molecule has 0 aliphatic rings. The van der Waals surface area contributed by atoms with Crippen LogP contribution in [-0.2, 0) is 11.2 Å². The predicted molar refractivity (Wildman–Crippen MR) is 105 cm³/mol. The van der Waals surface area contributed by atoms with Crippen LogP contribution in [0.1, 0.15) is 16.1 Å². The molecule has 2 aromatic carbocycles. The third kappa shape index (κ3) is 3.63. The van der Waals surface area contributed by atoms with Crippen molar-refractivity contribution in [1.82, 2.24) is 20.8 Å². The van der Waals surface area contributed by atoms with Crippen molar-refractivity contribution in [2.75, 3.05) is 0 Å². The zero-order valence-corrected chi connectivity index (χ0v) is 15.3. The lowest BCUT2D eigenvalue weighted by molar-refractivity contribution is -0.121. The van der Waals surface area contributed by atoms with Gasteiger partial charge in [0.25, 0.3) is 5.91 Å². The second kappa shape index (κ2) is 7.61. The Labute approximate surface area is 163 Å². The first-order valence-electron chi connectivity index (χ1n) is 8.46. The number of para-hydroxylation sites is 1. The molecule has 0 aliphatic carbocycles. The fraction of sp³-hybridized carbons (Fsp3) is 0.0500. The number of benzene rings is 2. The van der Waals surface area contributed by atoms with Crippen LogP contribution in [0.2, 0.25) is 0 Å². The Morgan fingerprint density at radius 3 is 2.71 bits per heavy atom. The third-order valence-corrected chi connectivity index (χ3v) is 5.06. The van der Waals surface area contributed by atoms with Gasteiger partial charge in [-0.1, -0.05) is 30.3 Å². The third-order valence-electron chi connectivity index (χ3n) is 4.18. The summed E-state index contributed by atoms with van der Waals surface area (Å²) in [6.07, 6.45) is 1.88. The average molecular weight is 394 g/mol. The molecular formula is C20H15FN4O2S. The Bertz CT molecular complexity index is 1170. The molecule has 0 saturated carbocycles. The monoisotopic (exact) mass is 394 g/mol. The van der Waals surface area contributed by atoms with Crippen LogP contribution in [0.5, 0.6) is 0 Å². The molecule has 2 amide bonds. The van der Waals surface area contributed by atoms with Crippen molar-refractivity contribution in [3.8, 4) is 10.6 Å². The van der Waals surface area contributed by atoms with Gasteiger partial charge in [-0.25, -0.2) is 9.37 Å². The summed E-state index contributed by atoms with van der Waals surface area (Å²) in [6.45, 7) is 0. The van der Waals surface area contributed by atoms with E-state index < -0.39 is 11.7 Å². The van der Waals surface area contributed by atoms with Crippen LogP contribution in [-0.4, -0.2) is 21.8 Å². The normalized spacial score (nSPS) is 10.8. The summed E-state index contributed by atoms with van der Waals surface area (Å²) in [6, 6.07) is 13.9. The number of carbonyl (C=O) groups is 2. The lowest BCUT2D eigenvalue weighted by Crippen LogP contribution is -2.42. The van der Waals surface area contributed by atoms with E-state index in [1.165, 1.54) is 11.4 Å². The number of nitrogens with zero attached hydrogens (tertiary/aromatic N) is 1. The molecule has 140 valence electrons. The number of thiazole rings is 1. The number of nitrogens with one attached hydrogen (secondary N) is 3. The first-order chi connectivity index (χ1) is 13.6. The maximum Gasteiger partial charge on any atom is 0.289 e. The van der Waals surface area contributed by atoms with E-state index >= 15 is 0 Å². The zero-order chi connectivity index (χ0) is 19.5. The number of aromatic nitrogens is 2. The highest BCUT2D eigenvalue weighted by Crippen LogP contribution is 2.26. The van der Waals surface area contributed by atoms with Gasteiger partial charge >= 0.3 is 0 Å². The van der Waals surface area contributed by atoms with Gasteiger partial charge in [-0.05, 0) is 23.8 Å². The molecule has 4 aromatic rings. The maximum atomic E-state index is 13.8. The van der Waals surface area contributed by atoms with Crippen LogP contribution in [0.4, 0.5) is 4.39 Å². The van der Waals surface area contributed by atoms with E-state index in [0.29, 0.717) is 10.6 Å². The Balaban J connectivity index is 1.38. The molecular weight excluding hydrogens is 379 g/mol. The molecule has 0 radical (unpaired) electrons. The van der Waals surface area contributed by atoms with Crippen LogP contribution in [0.25, 0.3) is 21.5 Å². The molecule has 0 fully saturated rings. The van der Waals surface area contributed by atoms with Gasteiger partial charge in [0.15, 0.2) is 0 Å². The first kappa shape index (κ1) is 17.9.